The number of likely N-dealkylation sites (tertiary alicyclic amines) is 1. The van der Waals surface area contributed by atoms with Crippen LogP contribution in [0.4, 0.5) is 5.82 Å². The lowest BCUT2D eigenvalue weighted by molar-refractivity contribution is -0.139. The van der Waals surface area contributed by atoms with Gasteiger partial charge in [0.1, 0.15) is 5.52 Å². The molecule has 3 heterocycles. The molecule has 2 aromatic heterocycles. The number of anilines is 1. The summed E-state index contributed by atoms with van der Waals surface area (Å²) in [6, 6.07) is 7.95. The molecule has 0 aliphatic carbocycles. The molecule has 3 aromatic rings. The Labute approximate surface area is 251 Å². The van der Waals surface area contributed by atoms with Gasteiger partial charge in [-0.1, -0.05) is 37.6 Å². The zero-order valence-corrected chi connectivity index (χ0v) is 25.3. The molecule has 1 aliphatic rings. The number of hydrogen-bond donors (Lipinski definition) is 2. The highest BCUT2D eigenvalue weighted by atomic mass is 16.5. The fourth-order valence-corrected chi connectivity index (χ4v) is 5.30. The molecule has 0 saturated carbocycles. The number of nitrogens with zero attached hydrogens (tertiary/aromatic N) is 5. The molecule has 1 aromatic carbocycles. The first kappa shape index (κ1) is 32.0. The van der Waals surface area contributed by atoms with Gasteiger partial charge in [0.25, 0.3) is 0 Å². The minimum absolute atomic E-state index is 0.00564. The smallest absolute Gasteiger partial charge is 0.327 e. The van der Waals surface area contributed by atoms with Crippen LogP contribution in [-0.4, -0.2) is 94.3 Å². The molecular weight excluding hydrogens is 554 g/mol. The Kier molecular flexibility index (Phi) is 11.5. The van der Waals surface area contributed by atoms with Crippen LogP contribution in [0.2, 0.25) is 0 Å². The number of carbonyl (C=O) groups excluding carboxylic acids is 2. The van der Waals surface area contributed by atoms with Crippen molar-refractivity contribution >= 4 is 28.9 Å². The maximum Gasteiger partial charge on any atom is 0.327 e. The molecule has 3 N–H and O–H groups in total. The molecule has 0 spiro atoms. The van der Waals surface area contributed by atoms with Gasteiger partial charge in [-0.25, -0.2) is 4.79 Å². The molecule has 1 aliphatic heterocycles. The summed E-state index contributed by atoms with van der Waals surface area (Å²) in [6.45, 7) is 5.39. The Morgan fingerprint density at radius 3 is 2.63 bits per heavy atom. The summed E-state index contributed by atoms with van der Waals surface area (Å²) in [6.07, 6.45) is 4.54. The van der Waals surface area contributed by atoms with Crippen LogP contribution < -0.4 is 16.2 Å². The number of rotatable bonds is 16. The number of aromatic nitrogens is 4. The van der Waals surface area contributed by atoms with E-state index in [1.54, 1.807) is 7.11 Å². The van der Waals surface area contributed by atoms with E-state index in [9.17, 15) is 14.4 Å². The molecule has 1 saturated heterocycles. The van der Waals surface area contributed by atoms with Gasteiger partial charge in [-0.05, 0) is 43.4 Å². The van der Waals surface area contributed by atoms with Crippen molar-refractivity contribution in [2.24, 2.45) is 0 Å². The van der Waals surface area contributed by atoms with Crippen molar-refractivity contribution in [2.75, 3.05) is 52.8 Å². The van der Waals surface area contributed by atoms with E-state index in [1.807, 2.05) is 29.2 Å². The quantitative estimate of drug-likeness (QED) is 0.185. The van der Waals surface area contributed by atoms with Crippen LogP contribution in [0.15, 0.2) is 29.1 Å². The van der Waals surface area contributed by atoms with Crippen molar-refractivity contribution in [1.82, 2.24) is 29.3 Å². The number of esters is 1. The summed E-state index contributed by atoms with van der Waals surface area (Å²) in [5.74, 6) is -0.151. The van der Waals surface area contributed by atoms with Gasteiger partial charge in [-0.3, -0.25) is 19.1 Å². The summed E-state index contributed by atoms with van der Waals surface area (Å²) in [7, 11) is 3.05. The lowest BCUT2D eigenvalue weighted by Crippen LogP contribution is -2.43. The number of carbonyl (C=O) groups is 2. The van der Waals surface area contributed by atoms with Crippen LogP contribution in [0.25, 0.3) is 11.2 Å². The Bertz CT molecular complexity index is 1420. The fraction of sp³-hybridized carbons (Fsp3) is 0.567. The van der Waals surface area contributed by atoms with Gasteiger partial charge >= 0.3 is 17.7 Å². The SMILES string of the molecule is CCCCOc1nc(N)c2[nH]c(=O)n(CCCN(Cc3ccc(CC(=O)OC)cc3)C(=O)CN3CCC[C@@H]3COC)c2n1. The van der Waals surface area contributed by atoms with E-state index < -0.39 is 0 Å². The number of aromatic amines is 1. The van der Waals surface area contributed by atoms with E-state index in [0.29, 0.717) is 57.0 Å². The van der Waals surface area contributed by atoms with Gasteiger partial charge in [-0.2, -0.15) is 9.97 Å². The molecule has 1 atom stereocenters. The Hall–Kier alpha value is -3.97. The predicted molar refractivity (Wildman–Crippen MR) is 162 cm³/mol. The van der Waals surface area contributed by atoms with Crippen molar-refractivity contribution in [3.05, 3.63) is 45.9 Å². The molecule has 13 heteroatoms. The number of ether oxygens (including phenoxy) is 3. The lowest BCUT2D eigenvalue weighted by atomic mass is 10.1. The molecule has 0 radical (unpaired) electrons. The van der Waals surface area contributed by atoms with E-state index in [1.165, 1.54) is 11.7 Å². The number of fused-ring (bicyclic) bond motifs is 1. The predicted octanol–water partition coefficient (Wildman–Crippen LogP) is 2.13. The van der Waals surface area contributed by atoms with Gasteiger partial charge in [0, 0.05) is 32.8 Å². The molecule has 1 fully saturated rings. The summed E-state index contributed by atoms with van der Waals surface area (Å²) >= 11 is 0. The molecular formula is C30H43N7O6. The maximum atomic E-state index is 13.6. The number of hydrogen-bond acceptors (Lipinski definition) is 10. The number of imidazole rings is 1. The van der Waals surface area contributed by atoms with Crippen molar-refractivity contribution in [1.29, 1.82) is 0 Å². The largest absolute Gasteiger partial charge is 0.469 e. The van der Waals surface area contributed by atoms with Gasteiger partial charge in [-0.15, -0.1) is 0 Å². The normalized spacial score (nSPS) is 15.2. The first-order valence-corrected chi connectivity index (χ1v) is 14.9. The van der Waals surface area contributed by atoms with E-state index in [0.717, 1.165) is 43.4 Å². The number of aryl methyl sites for hydroxylation is 1. The summed E-state index contributed by atoms with van der Waals surface area (Å²) in [5.41, 5.74) is 8.27. The van der Waals surface area contributed by atoms with Crippen LogP contribution in [0, 0.1) is 0 Å². The second-order valence-corrected chi connectivity index (χ2v) is 10.8. The average molecular weight is 598 g/mol. The highest BCUT2D eigenvalue weighted by Crippen LogP contribution is 2.20. The highest BCUT2D eigenvalue weighted by Gasteiger charge is 2.28. The van der Waals surface area contributed by atoms with Crippen molar-refractivity contribution < 1.29 is 23.8 Å². The van der Waals surface area contributed by atoms with Gasteiger partial charge in [0.15, 0.2) is 11.5 Å². The molecule has 13 nitrogen and oxygen atoms in total. The van der Waals surface area contributed by atoms with Crippen LogP contribution in [0.3, 0.4) is 0 Å². The second-order valence-electron chi connectivity index (χ2n) is 10.8. The maximum absolute atomic E-state index is 13.6. The zero-order chi connectivity index (χ0) is 30.8. The molecule has 43 heavy (non-hydrogen) atoms. The van der Waals surface area contributed by atoms with E-state index in [2.05, 4.69) is 26.8 Å². The third-order valence-electron chi connectivity index (χ3n) is 7.69. The number of unbranched alkanes of at least 4 members (excludes halogenated alkanes) is 1. The third-order valence-corrected chi connectivity index (χ3v) is 7.69. The van der Waals surface area contributed by atoms with Crippen molar-refractivity contribution in [3.8, 4) is 6.01 Å². The monoisotopic (exact) mass is 597 g/mol. The Morgan fingerprint density at radius 2 is 1.91 bits per heavy atom. The molecule has 0 bridgehead atoms. The standard InChI is InChI=1S/C30H43N7O6/c1-4-5-16-43-29-33-27(31)26-28(34-29)37(30(40)32-26)15-7-14-36(24(38)19-35-13-6-8-23(35)20-41-2)18-22-11-9-21(10-12-22)17-25(39)42-3/h9-12,23H,4-8,13-20H2,1-3H3,(H,32,40)(H2,31,33,34)/t23-/m1/s1. The Balaban J connectivity index is 1.48. The number of methoxy groups -OCH3 is 2. The molecule has 1 amide bonds. The first-order valence-electron chi connectivity index (χ1n) is 14.9. The van der Waals surface area contributed by atoms with E-state index in [-0.39, 0.29) is 41.9 Å². The third kappa shape index (κ3) is 8.54. The van der Waals surface area contributed by atoms with E-state index >= 15 is 0 Å². The summed E-state index contributed by atoms with van der Waals surface area (Å²) in [5, 5.41) is 0. The fourth-order valence-electron chi connectivity index (χ4n) is 5.30. The number of amides is 1. The first-order chi connectivity index (χ1) is 20.8. The van der Waals surface area contributed by atoms with Crippen molar-refractivity contribution in [3.63, 3.8) is 0 Å². The van der Waals surface area contributed by atoms with E-state index in [4.69, 9.17) is 19.9 Å². The summed E-state index contributed by atoms with van der Waals surface area (Å²) < 4.78 is 17.3. The van der Waals surface area contributed by atoms with Gasteiger partial charge in [0.05, 0.1) is 33.3 Å². The van der Waals surface area contributed by atoms with Crippen LogP contribution >= 0.6 is 0 Å². The van der Waals surface area contributed by atoms with Crippen molar-refractivity contribution in [2.45, 2.75) is 64.6 Å². The highest BCUT2D eigenvalue weighted by molar-refractivity contribution is 5.82. The van der Waals surface area contributed by atoms with Gasteiger partial charge < -0.3 is 29.8 Å². The summed E-state index contributed by atoms with van der Waals surface area (Å²) in [4.78, 5) is 53.5. The average Bonchev–Trinajstić information content (AvgIpc) is 3.56. The minimum atomic E-state index is -0.347. The number of benzene rings is 1. The van der Waals surface area contributed by atoms with Crippen LogP contribution in [0.5, 0.6) is 6.01 Å². The lowest BCUT2D eigenvalue weighted by Gasteiger charge is -2.28. The zero-order valence-electron chi connectivity index (χ0n) is 25.3. The number of nitrogens with one attached hydrogen (secondary N) is 1. The second kappa shape index (κ2) is 15.5. The van der Waals surface area contributed by atoms with Gasteiger partial charge in [0.2, 0.25) is 5.91 Å². The van der Waals surface area contributed by atoms with Crippen LogP contribution in [-0.2, 0) is 38.6 Å². The minimum Gasteiger partial charge on any atom is -0.469 e. The molecule has 4 rings (SSSR count). The number of nitrogen functional groups attached to an aromatic ring is 1. The molecule has 0 unspecified atom stereocenters. The number of H-pyrrole nitrogens is 1. The Morgan fingerprint density at radius 1 is 1.14 bits per heavy atom. The number of nitrogens with two attached hydrogens (primary N) is 1. The topological polar surface area (TPSA) is 158 Å². The van der Waals surface area contributed by atoms with Crippen LogP contribution in [0.1, 0.15) is 50.2 Å². The molecule has 234 valence electrons.